The number of fused-ring (bicyclic) bond motifs is 1. The highest BCUT2D eigenvalue weighted by Gasteiger charge is 2.28. The van der Waals surface area contributed by atoms with Crippen molar-refractivity contribution < 1.29 is 0 Å². The minimum Gasteiger partial charge on any atom is -0.364 e. The van der Waals surface area contributed by atoms with Crippen molar-refractivity contribution >= 4 is 11.8 Å². The molecule has 2 aliphatic rings. The Morgan fingerprint density at radius 1 is 1.03 bits per heavy atom. The van der Waals surface area contributed by atoms with E-state index >= 15 is 0 Å². The first-order chi connectivity index (χ1) is 15.9. The third-order valence-electron chi connectivity index (χ3n) is 7.88. The van der Waals surface area contributed by atoms with E-state index in [1.165, 1.54) is 73.9 Å². The average Bonchev–Trinajstić information content (AvgIpc) is 3.58. The molecule has 172 valence electrons. The lowest BCUT2D eigenvalue weighted by atomic mass is 9.98. The van der Waals surface area contributed by atoms with Crippen LogP contribution >= 0.6 is 0 Å². The fourth-order valence-electron chi connectivity index (χ4n) is 5.76. The molecule has 3 aromatic rings. The topological polar surface area (TPSA) is 59.7 Å². The highest BCUT2D eigenvalue weighted by atomic mass is 14.8. The van der Waals surface area contributed by atoms with Crippen molar-refractivity contribution in [2.75, 3.05) is 0 Å². The first kappa shape index (κ1) is 21.8. The number of rotatable bonds is 6. The van der Waals surface area contributed by atoms with E-state index in [1.807, 2.05) is 0 Å². The number of aryl methyl sites for hydroxylation is 3. The van der Waals surface area contributed by atoms with Gasteiger partial charge in [-0.15, -0.1) is 0 Å². The molecule has 4 heterocycles. The Balaban J connectivity index is 1.45. The van der Waals surface area contributed by atoms with Crippen LogP contribution in [0.15, 0.2) is 40.3 Å². The SMILES string of the molecule is CCC1=C(C)/C(=C/c2[nH]c(C3CCc4c(C)c[nH]c43)cc2C)N=C1Cc1[nH]cc(CC)c1C. The second-order valence-electron chi connectivity index (χ2n) is 9.77. The molecule has 0 radical (unpaired) electrons. The smallest absolute Gasteiger partial charge is 0.0686 e. The first-order valence-electron chi connectivity index (χ1n) is 12.4. The largest absolute Gasteiger partial charge is 0.364 e. The molecule has 1 aliphatic heterocycles. The molecule has 0 bridgehead atoms. The van der Waals surface area contributed by atoms with Crippen LogP contribution in [-0.4, -0.2) is 20.7 Å². The molecule has 5 rings (SSSR count). The van der Waals surface area contributed by atoms with Crippen LogP contribution in [0.4, 0.5) is 0 Å². The summed E-state index contributed by atoms with van der Waals surface area (Å²) in [6.45, 7) is 13.3. The normalized spacial score (nSPS) is 19.2. The van der Waals surface area contributed by atoms with E-state index in [9.17, 15) is 0 Å². The number of nitrogens with zero attached hydrogens (tertiary/aromatic N) is 1. The van der Waals surface area contributed by atoms with Crippen molar-refractivity contribution in [2.24, 2.45) is 4.99 Å². The van der Waals surface area contributed by atoms with E-state index in [1.54, 1.807) is 0 Å². The highest BCUT2D eigenvalue weighted by Crippen LogP contribution is 2.39. The van der Waals surface area contributed by atoms with Crippen molar-refractivity contribution in [2.45, 2.75) is 79.6 Å². The summed E-state index contributed by atoms with van der Waals surface area (Å²) in [5.41, 5.74) is 17.2. The third-order valence-corrected chi connectivity index (χ3v) is 7.88. The van der Waals surface area contributed by atoms with Crippen molar-refractivity contribution in [1.29, 1.82) is 0 Å². The van der Waals surface area contributed by atoms with Crippen LogP contribution < -0.4 is 0 Å². The van der Waals surface area contributed by atoms with Crippen molar-refractivity contribution in [1.82, 2.24) is 15.0 Å². The van der Waals surface area contributed by atoms with Gasteiger partial charge in [0, 0.05) is 47.5 Å². The van der Waals surface area contributed by atoms with Crippen molar-refractivity contribution in [3.05, 3.63) is 85.9 Å². The number of H-pyrrole nitrogens is 3. The molecule has 0 aromatic carbocycles. The van der Waals surface area contributed by atoms with Gasteiger partial charge in [0.05, 0.1) is 11.4 Å². The van der Waals surface area contributed by atoms with E-state index in [0.717, 1.165) is 31.4 Å². The molecule has 4 heteroatoms. The number of aliphatic imine (C=N–C) groups is 1. The Labute approximate surface area is 197 Å². The van der Waals surface area contributed by atoms with Gasteiger partial charge in [0.25, 0.3) is 0 Å². The predicted molar refractivity (Wildman–Crippen MR) is 138 cm³/mol. The van der Waals surface area contributed by atoms with Crippen LogP contribution in [-0.2, 0) is 19.3 Å². The first-order valence-corrected chi connectivity index (χ1v) is 12.4. The molecule has 0 fully saturated rings. The lowest BCUT2D eigenvalue weighted by molar-refractivity contribution is 0.748. The number of nitrogens with one attached hydrogen (secondary N) is 3. The Kier molecular flexibility index (Phi) is 5.55. The Morgan fingerprint density at radius 2 is 1.85 bits per heavy atom. The molecule has 3 N–H and O–H groups in total. The molecule has 33 heavy (non-hydrogen) atoms. The second-order valence-corrected chi connectivity index (χ2v) is 9.77. The molecule has 0 saturated carbocycles. The summed E-state index contributed by atoms with van der Waals surface area (Å²) in [7, 11) is 0. The van der Waals surface area contributed by atoms with Gasteiger partial charge in [-0.05, 0) is 104 Å². The minimum atomic E-state index is 0.439. The molecule has 1 atom stereocenters. The lowest BCUT2D eigenvalue weighted by Gasteiger charge is -2.07. The zero-order valence-electron chi connectivity index (χ0n) is 20.9. The van der Waals surface area contributed by atoms with Crippen molar-refractivity contribution in [3.8, 4) is 0 Å². The van der Waals surface area contributed by atoms with Gasteiger partial charge in [-0.3, -0.25) is 4.99 Å². The summed E-state index contributed by atoms with van der Waals surface area (Å²) in [5, 5.41) is 0. The van der Waals surface area contributed by atoms with Gasteiger partial charge in [-0.25, -0.2) is 0 Å². The monoisotopic (exact) mass is 440 g/mol. The number of aromatic amines is 3. The average molecular weight is 441 g/mol. The lowest BCUT2D eigenvalue weighted by Crippen LogP contribution is -2.06. The van der Waals surface area contributed by atoms with Gasteiger partial charge in [0.15, 0.2) is 0 Å². The zero-order chi connectivity index (χ0) is 23.3. The number of hydrogen-bond donors (Lipinski definition) is 3. The standard InChI is InChI=1S/C29H36N4/c1-7-20-15-30-25(18(20)5)13-28-21(8-2)19(6)26(33-28)12-24-16(3)11-27(32-24)23-10-9-22-17(4)14-31-29(22)23/h11-12,14-15,23,30-32H,7-10,13H2,1-6H3/b26-12-. The van der Waals surface area contributed by atoms with Crippen LogP contribution in [0.1, 0.15) is 90.1 Å². The summed E-state index contributed by atoms with van der Waals surface area (Å²) in [4.78, 5) is 15.9. The fraction of sp³-hybridized carbons (Fsp3) is 0.414. The molecule has 1 aliphatic carbocycles. The van der Waals surface area contributed by atoms with Crippen LogP contribution in [0.5, 0.6) is 0 Å². The molecular weight excluding hydrogens is 404 g/mol. The molecule has 3 aromatic heterocycles. The number of allylic oxidation sites excluding steroid dienone is 2. The van der Waals surface area contributed by atoms with Crippen LogP contribution in [0.3, 0.4) is 0 Å². The van der Waals surface area contributed by atoms with E-state index in [-0.39, 0.29) is 0 Å². The fourth-order valence-corrected chi connectivity index (χ4v) is 5.76. The van der Waals surface area contributed by atoms with E-state index in [4.69, 9.17) is 4.99 Å². The summed E-state index contributed by atoms with van der Waals surface area (Å²) in [6, 6.07) is 2.33. The molecular formula is C29H36N4. The summed E-state index contributed by atoms with van der Waals surface area (Å²) < 4.78 is 0. The van der Waals surface area contributed by atoms with Gasteiger partial charge in [0.2, 0.25) is 0 Å². The van der Waals surface area contributed by atoms with Gasteiger partial charge in [-0.1, -0.05) is 13.8 Å². The van der Waals surface area contributed by atoms with Gasteiger partial charge in [0.1, 0.15) is 0 Å². The van der Waals surface area contributed by atoms with Crippen LogP contribution in [0.2, 0.25) is 0 Å². The van der Waals surface area contributed by atoms with Gasteiger partial charge >= 0.3 is 0 Å². The van der Waals surface area contributed by atoms with E-state index in [2.05, 4.69) is 81.0 Å². The van der Waals surface area contributed by atoms with E-state index < -0.39 is 0 Å². The maximum atomic E-state index is 5.13. The summed E-state index contributed by atoms with van der Waals surface area (Å²) >= 11 is 0. The minimum absolute atomic E-state index is 0.439. The molecule has 0 amide bonds. The third kappa shape index (κ3) is 3.66. The van der Waals surface area contributed by atoms with Gasteiger partial charge in [-0.2, -0.15) is 0 Å². The molecule has 1 unspecified atom stereocenters. The maximum absolute atomic E-state index is 5.13. The number of hydrogen-bond acceptors (Lipinski definition) is 1. The van der Waals surface area contributed by atoms with E-state index in [0.29, 0.717) is 5.92 Å². The number of aromatic nitrogens is 3. The molecule has 0 saturated heterocycles. The quantitative estimate of drug-likeness (QED) is 0.369. The van der Waals surface area contributed by atoms with Crippen LogP contribution in [0, 0.1) is 20.8 Å². The maximum Gasteiger partial charge on any atom is 0.0686 e. The summed E-state index contributed by atoms with van der Waals surface area (Å²) in [5.74, 6) is 0.439. The molecule has 4 nitrogen and oxygen atoms in total. The highest BCUT2D eigenvalue weighted by molar-refractivity contribution is 6.06. The van der Waals surface area contributed by atoms with Gasteiger partial charge < -0.3 is 15.0 Å². The molecule has 0 spiro atoms. The Hall–Kier alpha value is -3.01. The zero-order valence-corrected chi connectivity index (χ0v) is 20.9. The summed E-state index contributed by atoms with van der Waals surface area (Å²) in [6.07, 6.45) is 11.8. The Morgan fingerprint density at radius 3 is 2.58 bits per heavy atom. The Bertz CT molecular complexity index is 1300. The van der Waals surface area contributed by atoms with Crippen LogP contribution in [0.25, 0.3) is 6.08 Å². The predicted octanol–water partition coefficient (Wildman–Crippen LogP) is 7.00. The van der Waals surface area contributed by atoms with Crippen molar-refractivity contribution in [3.63, 3.8) is 0 Å². The second kappa shape index (κ2) is 8.40.